The van der Waals surface area contributed by atoms with Gasteiger partial charge in [-0.2, -0.15) is 0 Å². The average Bonchev–Trinajstić information content (AvgIpc) is 2.44. The molecule has 110 valence electrons. The Kier molecular flexibility index (Phi) is 6.11. The Morgan fingerprint density at radius 3 is 2.80 bits per heavy atom. The number of hydrogen-bond acceptors (Lipinski definition) is 4. The van der Waals surface area contributed by atoms with Crippen LogP contribution < -0.4 is 5.32 Å². The fraction of sp³-hybridized carbons (Fsp3) is 0.500. The van der Waals surface area contributed by atoms with E-state index in [0.717, 1.165) is 12.0 Å². The zero-order valence-corrected chi connectivity index (χ0v) is 12.1. The van der Waals surface area contributed by atoms with Crippen molar-refractivity contribution in [3.05, 3.63) is 39.9 Å². The number of carbonyl (C=O) groups excluding carboxylic acids is 1. The van der Waals surface area contributed by atoms with Gasteiger partial charge in [-0.1, -0.05) is 19.1 Å². The van der Waals surface area contributed by atoms with E-state index in [2.05, 4.69) is 12.2 Å². The predicted octanol–water partition coefficient (Wildman–Crippen LogP) is 1.94. The van der Waals surface area contributed by atoms with E-state index in [0.29, 0.717) is 12.6 Å². The summed E-state index contributed by atoms with van der Waals surface area (Å²) in [5.74, 6) is -0.0307. The van der Waals surface area contributed by atoms with Crippen molar-refractivity contribution < 1.29 is 9.72 Å². The quantitative estimate of drug-likeness (QED) is 0.611. The normalized spacial score (nSPS) is 11.9. The SMILES string of the molecule is CCC(C)NCC(=O)N(C)Cc1cccc([N+](=O)[O-])c1. The maximum Gasteiger partial charge on any atom is 0.269 e. The largest absolute Gasteiger partial charge is 0.340 e. The smallest absolute Gasteiger partial charge is 0.269 e. The summed E-state index contributed by atoms with van der Waals surface area (Å²) in [5.41, 5.74) is 0.791. The lowest BCUT2D eigenvalue weighted by molar-refractivity contribution is -0.384. The molecule has 0 aliphatic heterocycles. The summed E-state index contributed by atoms with van der Waals surface area (Å²) in [4.78, 5) is 23.7. The van der Waals surface area contributed by atoms with Gasteiger partial charge in [0.05, 0.1) is 11.5 Å². The molecule has 1 unspecified atom stereocenters. The molecule has 1 rings (SSSR count). The van der Waals surface area contributed by atoms with Gasteiger partial charge in [0.1, 0.15) is 0 Å². The lowest BCUT2D eigenvalue weighted by Crippen LogP contribution is -2.38. The van der Waals surface area contributed by atoms with Crippen LogP contribution in [0.5, 0.6) is 0 Å². The molecule has 0 saturated heterocycles. The average molecular weight is 279 g/mol. The summed E-state index contributed by atoms with van der Waals surface area (Å²) < 4.78 is 0. The van der Waals surface area contributed by atoms with Gasteiger partial charge in [0.25, 0.3) is 5.69 Å². The van der Waals surface area contributed by atoms with Gasteiger partial charge in [0.2, 0.25) is 5.91 Å². The van der Waals surface area contributed by atoms with Crippen LogP contribution in [-0.2, 0) is 11.3 Å². The topological polar surface area (TPSA) is 75.5 Å². The third-order valence-corrected chi connectivity index (χ3v) is 3.18. The summed E-state index contributed by atoms with van der Waals surface area (Å²) >= 11 is 0. The van der Waals surface area contributed by atoms with E-state index in [4.69, 9.17) is 0 Å². The number of rotatable bonds is 7. The molecule has 1 N–H and O–H groups in total. The van der Waals surface area contributed by atoms with Crippen LogP contribution in [0, 0.1) is 10.1 Å². The first kappa shape index (κ1) is 16.1. The van der Waals surface area contributed by atoms with E-state index in [9.17, 15) is 14.9 Å². The van der Waals surface area contributed by atoms with E-state index in [1.165, 1.54) is 12.1 Å². The van der Waals surface area contributed by atoms with Gasteiger partial charge in [-0.15, -0.1) is 0 Å². The van der Waals surface area contributed by atoms with Crippen molar-refractivity contribution in [1.29, 1.82) is 0 Å². The van der Waals surface area contributed by atoms with E-state index >= 15 is 0 Å². The summed E-state index contributed by atoms with van der Waals surface area (Å²) in [6.45, 7) is 4.71. The fourth-order valence-corrected chi connectivity index (χ4v) is 1.67. The van der Waals surface area contributed by atoms with Crippen LogP contribution in [0.4, 0.5) is 5.69 Å². The van der Waals surface area contributed by atoms with Crippen LogP contribution in [0.15, 0.2) is 24.3 Å². The Bertz CT molecular complexity index is 476. The second-order valence-electron chi connectivity index (χ2n) is 4.87. The van der Waals surface area contributed by atoms with Crippen LogP contribution in [0.25, 0.3) is 0 Å². The zero-order valence-electron chi connectivity index (χ0n) is 12.1. The monoisotopic (exact) mass is 279 g/mol. The highest BCUT2D eigenvalue weighted by molar-refractivity contribution is 5.78. The van der Waals surface area contributed by atoms with Crippen LogP contribution in [0.1, 0.15) is 25.8 Å². The highest BCUT2D eigenvalue weighted by atomic mass is 16.6. The number of amides is 1. The molecule has 0 aliphatic carbocycles. The van der Waals surface area contributed by atoms with Crippen LogP contribution in [-0.4, -0.2) is 35.4 Å². The number of non-ortho nitro benzene ring substituents is 1. The minimum Gasteiger partial charge on any atom is -0.340 e. The first-order valence-corrected chi connectivity index (χ1v) is 6.64. The molecular formula is C14H21N3O3. The van der Waals surface area contributed by atoms with Crippen molar-refractivity contribution in [2.45, 2.75) is 32.9 Å². The standard InChI is InChI=1S/C14H21N3O3/c1-4-11(2)15-9-14(18)16(3)10-12-6-5-7-13(8-12)17(19)20/h5-8,11,15H,4,9-10H2,1-3H3. The molecule has 1 aromatic rings. The van der Waals surface area contributed by atoms with Crippen molar-refractivity contribution in [3.8, 4) is 0 Å². The number of hydrogen-bond donors (Lipinski definition) is 1. The van der Waals surface area contributed by atoms with Gasteiger partial charge in [-0.3, -0.25) is 14.9 Å². The van der Waals surface area contributed by atoms with Gasteiger partial charge in [0, 0.05) is 31.8 Å². The van der Waals surface area contributed by atoms with Crippen molar-refractivity contribution in [3.63, 3.8) is 0 Å². The Labute approximate surface area is 118 Å². The Morgan fingerprint density at radius 2 is 2.20 bits per heavy atom. The maximum absolute atomic E-state index is 11.9. The van der Waals surface area contributed by atoms with Crippen LogP contribution in [0.2, 0.25) is 0 Å². The Morgan fingerprint density at radius 1 is 1.50 bits per heavy atom. The van der Waals surface area contributed by atoms with E-state index < -0.39 is 4.92 Å². The number of nitrogens with one attached hydrogen (secondary N) is 1. The molecule has 6 heteroatoms. The van der Waals surface area contributed by atoms with Gasteiger partial charge >= 0.3 is 0 Å². The third-order valence-electron chi connectivity index (χ3n) is 3.18. The molecular weight excluding hydrogens is 258 g/mol. The molecule has 0 bridgehead atoms. The second-order valence-corrected chi connectivity index (χ2v) is 4.87. The highest BCUT2D eigenvalue weighted by Crippen LogP contribution is 2.14. The Balaban J connectivity index is 2.57. The molecule has 1 atom stereocenters. The summed E-state index contributed by atoms with van der Waals surface area (Å²) in [5, 5.41) is 13.8. The minimum atomic E-state index is -0.435. The van der Waals surface area contributed by atoms with Crippen molar-refractivity contribution in [2.24, 2.45) is 0 Å². The van der Waals surface area contributed by atoms with E-state index in [1.54, 1.807) is 24.1 Å². The number of nitro groups is 1. The van der Waals surface area contributed by atoms with Gasteiger partial charge in [-0.25, -0.2) is 0 Å². The maximum atomic E-state index is 11.9. The molecule has 1 aromatic carbocycles. The molecule has 0 heterocycles. The molecule has 0 aliphatic rings. The molecule has 0 saturated carbocycles. The minimum absolute atomic E-state index is 0.0307. The van der Waals surface area contributed by atoms with E-state index in [1.807, 2.05) is 6.92 Å². The second kappa shape index (κ2) is 7.59. The number of likely N-dealkylation sites (N-methyl/N-ethyl adjacent to an activating group) is 1. The molecule has 0 aromatic heterocycles. The molecule has 0 fully saturated rings. The van der Waals surface area contributed by atoms with Gasteiger partial charge < -0.3 is 10.2 Å². The molecule has 1 amide bonds. The summed E-state index contributed by atoms with van der Waals surface area (Å²) in [6, 6.07) is 6.63. The van der Waals surface area contributed by atoms with Crippen LogP contribution >= 0.6 is 0 Å². The highest BCUT2D eigenvalue weighted by Gasteiger charge is 2.12. The van der Waals surface area contributed by atoms with E-state index in [-0.39, 0.29) is 18.1 Å². The number of nitrogens with zero attached hydrogens (tertiary/aromatic N) is 2. The van der Waals surface area contributed by atoms with Crippen molar-refractivity contribution >= 4 is 11.6 Å². The fourth-order valence-electron chi connectivity index (χ4n) is 1.67. The molecule has 0 spiro atoms. The van der Waals surface area contributed by atoms with Gasteiger partial charge in [-0.05, 0) is 18.9 Å². The number of benzene rings is 1. The van der Waals surface area contributed by atoms with Crippen molar-refractivity contribution in [1.82, 2.24) is 10.2 Å². The first-order chi connectivity index (χ1) is 9.43. The summed E-state index contributed by atoms with van der Waals surface area (Å²) in [7, 11) is 1.69. The Hall–Kier alpha value is -1.95. The summed E-state index contributed by atoms with van der Waals surface area (Å²) in [6.07, 6.45) is 0.960. The number of nitro benzene ring substituents is 1. The molecule has 0 radical (unpaired) electrons. The third kappa shape index (κ3) is 4.97. The lowest BCUT2D eigenvalue weighted by Gasteiger charge is -2.19. The zero-order chi connectivity index (χ0) is 15.1. The number of carbonyl (C=O) groups is 1. The van der Waals surface area contributed by atoms with Crippen molar-refractivity contribution in [2.75, 3.05) is 13.6 Å². The predicted molar refractivity (Wildman–Crippen MR) is 77.3 cm³/mol. The van der Waals surface area contributed by atoms with Crippen LogP contribution in [0.3, 0.4) is 0 Å². The molecule has 6 nitrogen and oxygen atoms in total. The van der Waals surface area contributed by atoms with Gasteiger partial charge in [0.15, 0.2) is 0 Å². The lowest BCUT2D eigenvalue weighted by atomic mass is 10.2. The first-order valence-electron chi connectivity index (χ1n) is 6.64. The molecule has 20 heavy (non-hydrogen) atoms.